The van der Waals surface area contributed by atoms with Crippen LogP contribution in [0.25, 0.3) is 0 Å². The third kappa shape index (κ3) is 35.4. The minimum Gasteiger partial charge on any atom is -0.463 e. The molecular weight excluding hydrogens is 536 g/mol. The van der Waals surface area contributed by atoms with Crippen LogP contribution in [0.4, 0.5) is 0 Å². The fraction of sp³-hybridized carbons (Fsp3) is 0.966. The average molecular weight is 597 g/mol. The molecule has 0 saturated heterocycles. The van der Waals surface area contributed by atoms with Gasteiger partial charge in [-0.15, -0.1) is 0 Å². The summed E-state index contributed by atoms with van der Waals surface area (Å²) in [4.78, 5) is 11.7. The largest absolute Gasteiger partial charge is 0.463 e. The third-order valence-electron chi connectivity index (χ3n) is 5.47. The van der Waals surface area contributed by atoms with Crippen molar-refractivity contribution in [2.45, 2.75) is 77.9 Å². The first-order valence-electron chi connectivity index (χ1n) is 15.3. The molecule has 0 aromatic rings. The minimum absolute atomic E-state index is 0.135. The minimum atomic E-state index is -1.45. The Kier molecular flexibility index (Phi) is 30.8. The summed E-state index contributed by atoms with van der Waals surface area (Å²) < 4.78 is 49.1. The molecule has 0 heterocycles. The van der Waals surface area contributed by atoms with Crippen LogP contribution in [0.5, 0.6) is 0 Å². The van der Waals surface area contributed by atoms with E-state index in [1.54, 1.807) is 0 Å². The molecule has 10 nitrogen and oxygen atoms in total. The van der Waals surface area contributed by atoms with Crippen LogP contribution in [0.15, 0.2) is 0 Å². The Bertz CT molecular complexity index is 520. The Balaban J connectivity index is 3.12. The van der Waals surface area contributed by atoms with Crippen LogP contribution >= 0.6 is 0 Å². The molecule has 0 unspecified atom stereocenters. The number of rotatable bonds is 33. The number of unbranched alkanes of at least 4 members (excludes halogenated alkanes) is 6. The average Bonchev–Trinajstić information content (AvgIpc) is 2.92. The van der Waals surface area contributed by atoms with E-state index in [9.17, 15) is 4.79 Å². The van der Waals surface area contributed by atoms with Gasteiger partial charge >= 0.3 is 5.97 Å². The molecule has 0 N–H and O–H groups in total. The van der Waals surface area contributed by atoms with Gasteiger partial charge in [0.15, 0.2) is 8.32 Å². The molecule has 40 heavy (non-hydrogen) atoms. The molecule has 0 aliphatic rings. The van der Waals surface area contributed by atoms with Gasteiger partial charge in [-0.3, -0.25) is 4.79 Å². The summed E-state index contributed by atoms with van der Waals surface area (Å²) in [5.41, 5.74) is 0. The Morgan fingerprint density at radius 1 is 0.450 bits per heavy atom. The lowest BCUT2D eigenvalue weighted by Gasteiger charge is -2.16. The van der Waals surface area contributed by atoms with E-state index in [4.69, 9.17) is 42.3 Å². The highest BCUT2D eigenvalue weighted by Crippen LogP contribution is 2.08. The number of ether oxygens (including phenoxy) is 8. The van der Waals surface area contributed by atoms with Crippen molar-refractivity contribution in [1.29, 1.82) is 0 Å². The van der Waals surface area contributed by atoms with Crippen molar-refractivity contribution in [3.05, 3.63) is 0 Å². The maximum Gasteiger partial charge on any atom is 0.305 e. The van der Waals surface area contributed by atoms with Gasteiger partial charge in [-0.1, -0.05) is 45.4 Å². The first-order valence-corrected chi connectivity index (χ1v) is 18.7. The highest BCUT2D eigenvalue weighted by atomic mass is 28.4. The summed E-state index contributed by atoms with van der Waals surface area (Å²) in [7, 11) is -1.45. The molecule has 0 aromatic carbocycles. The van der Waals surface area contributed by atoms with E-state index >= 15 is 0 Å². The quantitative estimate of drug-likeness (QED) is 0.0605. The molecule has 0 bridgehead atoms. The lowest BCUT2D eigenvalue weighted by atomic mass is 10.1. The third-order valence-corrected chi connectivity index (χ3v) is 6.54. The predicted molar refractivity (Wildman–Crippen MR) is 159 cm³/mol. The predicted octanol–water partition coefficient (Wildman–Crippen LogP) is 4.64. The SMILES string of the molecule is CCCCCCCCCC(=O)OCCOCCOCCOCCOCCOCCOCCOCCO[Si](C)(C)C. The second-order valence-corrected chi connectivity index (χ2v) is 14.9. The van der Waals surface area contributed by atoms with E-state index in [2.05, 4.69) is 26.6 Å². The van der Waals surface area contributed by atoms with Crippen molar-refractivity contribution in [2.24, 2.45) is 0 Å². The lowest BCUT2D eigenvalue weighted by molar-refractivity contribution is -0.145. The van der Waals surface area contributed by atoms with Crippen molar-refractivity contribution in [3.63, 3.8) is 0 Å². The number of hydrogen-bond donors (Lipinski definition) is 0. The van der Waals surface area contributed by atoms with Crippen LogP contribution in [-0.4, -0.2) is 120 Å². The van der Waals surface area contributed by atoms with Crippen molar-refractivity contribution in [2.75, 3.05) is 106 Å². The molecule has 11 heteroatoms. The molecule has 0 aromatic heterocycles. The molecule has 0 spiro atoms. The van der Waals surface area contributed by atoms with E-state index in [0.29, 0.717) is 112 Å². The molecule has 0 amide bonds. The van der Waals surface area contributed by atoms with Crippen LogP contribution in [0, 0.1) is 0 Å². The maximum atomic E-state index is 11.7. The Morgan fingerprint density at radius 3 is 1.15 bits per heavy atom. The van der Waals surface area contributed by atoms with Crippen LogP contribution in [0.1, 0.15) is 58.3 Å². The van der Waals surface area contributed by atoms with Crippen molar-refractivity contribution in [1.82, 2.24) is 0 Å². The van der Waals surface area contributed by atoms with E-state index in [1.807, 2.05) is 0 Å². The first kappa shape index (κ1) is 39.4. The smallest absolute Gasteiger partial charge is 0.305 e. The second-order valence-electron chi connectivity index (χ2n) is 10.3. The highest BCUT2D eigenvalue weighted by molar-refractivity contribution is 6.69. The summed E-state index contributed by atoms with van der Waals surface area (Å²) in [6.45, 7) is 16.8. The topological polar surface area (TPSA) is 100 Å². The highest BCUT2D eigenvalue weighted by Gasteiger charge is 2.13. The summed E-state index contributed by atoms with van der Waals surface area (Å²) in [5, 5.41) is 0. The number of hydrogen-bond acceptors (Lipinski definition) is 10. The molecule has 0 aliphatic heterocycles. The van der Waals surface area contributed by atoms with Crippen LogP contribution in [0.3, 0.4) is 0 Å². The Labute approximate surface area is 245 Å². The molecular formula is C29H60O10Si. The van der Waals surface area contributed by atoms with E-state index in [0.717, 1.165) is 12.8 Å². The van der Waals surface area contributed by atoms with E-state index in [-0.39, 0.29) is 5.97 Å². The molecule has 0 rings (SSSR count). The van der Waals surface area contributed by atoms with Gasteiger partial charge in [0.2, 0.25) is 0 Å². The zero-order valence-electron chi connectivity index (χ0n) is 26.1. The summed E-state index contributed by atoms with van der Waals surface area (Å²) in [5.74, 6) is -0.135. The number of carbonyl (C=O) groups excluding carboxylic acids is 1. The summed E-state index contributed by atoms with van der Waals surface area (Å²) >= 11 is 0. The van der Waals surface area contributed by atoms with E-state index < -0.39 is 8.32 Å². The Hall–Kier alpha value is -0.633. The first-order chi connectivity index (χ1) is 19.5. The maximum absolute atomic E-state index is 11.7. The van der Waals surface area contributed by atoms with Crippen molar-refractivity contribution < 1.29 is 47.1 Å². The Morgan fingerprint density at radius 2 is 0.775 bits per heavy atom. The molecule has 0 atom stereocenters. The van der Waals surface area contributed by atoms with Gasteiger partial charge in [-0.05, 0) is 26.1 Å². The molecule has 240 valence electrons. The fourth-order valence-corrected chi connectivity index (χ4v) is 4.04. The van der Waals surface area contributed by atoms with Gasteiger partial charge < -0.3 is 42.3 Å². The molecule has 0 fully saturated rings. The van der Waals surface area contributed by atoms with Gasteiger partial charge in [-0.25, -0.2) is 0 Å². The van der Waals surface area contributed by atoms with Crippen LogP contribution < -0.4 is 0 Å². The normalized spacial score (nSPS) is 11.8. The lowest BCUT2D eigenvalue weighted by Crippen LogP contribution is -2.27. The van der Waals surface area contributed by atoms with Gasteiger partial charge in [0.25, 0.3) is 0 Å². The van der Waals surface area contributed by atoms with Crippen molar-refractivity contribution >= 4 is 14.3 Å². The zero-order valence-corrected chi connectivity index (χ0v) is 27.1. The summed E-state index contributed by atoms with van der Waals surface area (Å²) in [6.07, 6.45) is 8.84. The monoisotopic (exact) mass is 596 g/mol. The van der Waals surface area contributed by atoms with Crippen LogP contribution in [-0.2, 0) is 47.1 Å². The fourth-order valence-electron chi connectivity index (χ4n) is 3.34. The van der Waals surface area contributed by atoms with Gasteiger partial charge in [-0.2, -0.15) is 0 Å². The van der Waals surface area contributed by atoms with Crippen LogP contribution in [0.2, 0.25) is 19.6 Å². The molecule has 0 aliphatic carbocycles. The van der Waals surface area contributed by atoms with Crippen molar-refractivity contribution in [3.8, 4) is 0 Å². The zero-order chi connectivity index (χ0) is 29.4. The molecule has 0 radical (unpaired) electrons. The summed E-state index contributed by atoms with van der Waals surface area (Å²) in [6, 6.07) is 0. The molecule has 0 saturated carbocycles. The van der Waals surface area contributed by atoms with E-state index in [1.165, 1.54) is 32.1 Å². The van der Waals surface area contributed by atoms with Gasteiger partial charge in [0.1, 0.15) is 6.61 Å². The van der Waals surface area contributed by atoms with Gasteiger partial charge in [0, 0.05) is 6.42 Å². The number of esters is 1. The number of carbonyl (C=O) groups is 1. The van der Waals surface area contributed by atoms with Gasteiger partial charge in [0.05, 0.1) is 99.1 Å². The second kappa shape index (κ2) is 31.3. The standard InChI is InChI=1S/C29H60O10Si/c1-5-6-7-8-9-10-11-12-29(30)38-27-25-36-23-21-34-19-17-32-15-13-31-14-16-33-18-20-35-22-24-37-26-28-39-40(2,3)4/h5-28H2,1-4H3.